The number of carbonyl (C=O) groups is 2. The van der Waals surface area contributed by atoms with Crippen LogP contribution in [0.2, 0.25) is 0 Å². The number of aliphatic carboxylic acids is 1. The number of hydrogen-bond acceptors (Lipinski definition) is 5. The fourth-order valence-corrected chi connectivity index (χ4v) is 4.65. The van der Waals surface area contributed by atoms with Crippen molar-refractivity contribution in [2.75, 3.05) is 33.3 Å². The van der Waals surface area contributed by atoms with Gasteiger partial charge in [0.15, 0.2) is 0 Å². The summed E-state index contributed by atoms with van der Waals surface area (Å²) in [6.07, 6.45) is 3.62. The zero-order chi connectivity index (χ0) is 20.0. The highest BCUT2D eigenvalue weighted by Gasteiger charge is 2.28. The second-order valence-corrected chi connectivity index (χ2v) is 8.33. The van der Waals surface area contributed by atoms with Gasteiger partial charge in [-0.15, -0.1) is 0 Å². The van der Waals surface area contributed by atoms with Gasteiger partial charge in [-0.25, -0.2) is 8.42 Å². The Morgan fingerprint density at radius 2 is 1.81 bits per heavy atom. The van der Waals surface area contributed by atoms with Crippen LogP contribution < -0.4 is 4.74 Å². The summed E-state index contributed by atoms with van der Waals surface area (Å²) in [7, 11) is -2.35. The predicted molar refractivity (Wildman–Crippen MR) is 99.4 cm³/mol. The van der Waals surface area contributed by atoms with E-state index in [4.69, 9.17) is 9.84 Å². The molecule has 2 rings (SSSR count). The molecule has 0 aromatic heterocycles. The largest absolute Gasteiger partial charge is 0.496 e. The zero-order valence-corrected chi connectivity index (χ0v) is 16.5. The van der Waals surface area contributed by atoms with Gasteiger partial charge in [0.05, 0.1) is 17.6 Å². The molecule has 1 saturated heterocycles. The molecule has 1 N–H and O–H groups in total. The monoisotopic (exact) mass is 398 g/mol. The topological polar surface area (TPSA) is 104 Å². The number of rotatable bonds is 7. The summed E-state index contributed by atoms with van der Waals surface area (Å²) in [6.45, 7) is 2.28. The molecule has 1 aliphatic rings. The lowest BCUT2D eigenvalue weighted by molar-refractivity contribution is -0.137. The molecule has 150 valence electrons. The van der Waals surface area contributed by atoms with E-state index in [1.54, 1.807) is 6.92 Å². The zero-order valence-electron chi connectivity index (χ0n) is 15.7. The Morgan fingerprint density at radius 3 is 2.33 bits per heavy atom. The molecule has 1 amide bonds. The smallest absolute Gasteiger partial charge is 0.323 e. The summed E-state index contributed by atoms with van der Waals surface area (Å²) in [6, 6.07) is 4.14. The van der Waals surface area contributed by atoms with E-state index in [0.717, 1.165) is 30.6 Å². The molecule has 0 bridgehead atoms. The van der Waals surface area contributed by atoms with E-state index in [1.807, 2.05) is 0 Å². The van der Waals surface area contributed by atoms with Gasteiger partial charge >= 0.3 is 5.97 Å². The number of ether oxygens (including phenoxy) is 1. The van der Waals surface area contributed by atoms with Crippen LogP contribution in [0.1, 0.15) is 43.0 Å². The van der Waals surface area contributed by atoms with Gasteiger partial charge in [0.2, 0.25) is 10.0 Å². The van der Waals surface area contributed by atoms with Gasteiger partial charge < -0.3 is 14.7 Å². The number of sulfonamides is 1. The molecule has 9 heteroatoms. The number of benzene rings is 1. The van der Waals surface area contributed by atoms with Crippen molar-refractivity contribution in [1.82, 2.24) is 9.21 Å². The normalized spacial score (nSPS) is 15.8. The molecule has 1 heterocycles. The van der Waals surface area contributed by atoms with E-state index in [0.29, 0.717) is 13.1 Å². The summed E-state index contributed by atoms with van der Waals surface area (Å²) in [5.74, 6) is -1.51. The van der Waals surface area contributed by atoms with Crippen molar-refractivity contribution >= 4 is 21.9 Å². The van der Waals surface area contributed by atoms with Crippen molar-refractivity contribution in [2.45, 2.75) is 37.5 Å². The number of carboxylic acids is 1. The van der Waals surface area contributed by atoms with Gasteiger partial charge in [0, 0.05) is 19.6 Å². The van der Waals surface area contributed by atoms with Crippen molar-refractivity contribution in [3.05, 3.63) is 23.8 Å². The Bertz CT molecular complexity index is 785. The first-order valence-electron chi connectivity index (χ1n) is 9.00. The predicted octanol–water partition coefficient (Wildman–Crippen LogP) is 1.81. The van der Waals surface area contributed by atoms with Crippen LogP contribution >= 0.6 is 0 Å². The van der Waals surface area contributed by atoms with Crippen molar-refractivity contribution in [1.29, 1.82) is 0 Å². The number of amides is 1. The first-order valence-corrected chi connectivity index (χ1v) is 10.4. The lowest BCUT2D eigenvalue weighted by Crippen LogP contribution is -2.36. The summed E-state index contributed by atoms with van der Waals surface area (Å²) >= 11 is 0. The standard InChI is InChI=1S/C18H26N2O6S/c1-3-19(13-17(21)22)18(23)15-12-14(8-9-16(15)26-2)27(24,25)20-10-6-4-5-7-11-20/h8-9,12H,3-7,10-11,13H2,1-2H3,(H,21,22). The summed E-state index contributed by atoms with van der Waals surface area (Å²) in [5.41, 5.74) is 0.0384. The van der Waals surface area contributed by atoms with E-state index >= 15 is 0 Å². The molecule has 0 aliphatic carbocycles. The molecule has 27 heavy (non-hydrogen) atoms. The molecule has 0 atom stereocenters. The average molecular weight is 398 g/mol. The van der Waals surface area contributed by atoms with Gasteiger partial charge in [-0.3, -0.25) is 9.59 Å². The third-order valence-electron chi connectivity index (χ3n) is 4.60. The van der Waals surface area contributed by atoms with Gasteiger partial charge in [-0.05, 0) is 38.0 Å². The van der Waals surface area contributed by atoms with Crippen molar-refractivity contribution in [2.24, 2.45) is 0 Å². The first kappa shape index (κ1) is 21.2. The van der Waals surface area contributed by atoms with Crippen molar-refractivity contribution in [3.63, 3.8) is 0 Å². The highest BCUT2D eigenvalue weighted by atomic mass is 32.2. The molecule has 1 aromatic rings. The van der Waals surface area contributed by atoms with Gasteiger partial charge in [-0.2, -0.15) is 4.31 Å². The van der Waals surface area contributed by atoms with Crippen molar-refractivity contribution in [3.8, 4) is 5.75 Å². The maximum absolute atomic E-state index is 13.0. The number of methoxy groups -OCH3 is 1. The van der Waals surface area contributed by atoms with E-state index < -0.39 is 28.4 Å². The van der Waals surface area contributed by atoms with Gasteiger partial charge in [0.25, 0.3) is 5.91 Å². The number of hydrogen-bond donors (Lipinski definition) is 1. The molecular weight excluding hydrogens is 372 g/mol. The Hall–Kier alpha value is -2.13. The van der Waals surface area contributed by atoms with Crippen LogP contribution in [-0.4, -0.2) is 67.9 Å². The summed E-state index contributed by atoms with van der Waals surface area (Å²) in [4.78, 5) is 24.9. The van der Waals surface area contributed by atoms with Gasteiger partial charge in [-0.1, -0.05) is 12.8 Å². The highest BCUT2D eigenvalue weighted by Crippen LogP contribution is 2.27. The van der Waals surface area contributed by atoms with Crippen LogP contribution in [0.15, 0.2) is 23.1 Å². The Balaban J connectivity index is 2.41. The second-order valence-electron chi connectivity index (χ2n) is 6.39. The van der Waals surface area contributed by atoms with Crippen LogP contribution in [-0.2, 0) is 14.8 Å². The molecule has 1 aliphatic heterocycles. The number of carboxylic acid groups (broad SMARTS) is 1. The Labute approximate surface area is 159 Å². The minimum atomic E-state index is -3.73. The molecular formula is C18H26N2O6S. The van der Waals surface area contributed by atoms with E-state index in [2.05, 4.69) is 0 Å². The van der Waals surface area contributed by atoms with E-state index in [-0.39, 0.29) is 22.8 Å². The Morgan fingerprint density at radius 1 is 1.19 bits per heavy atom. The van der Waals surface area contributed by atoms with Crippen LogP contribution in [0.4, 0.5) is 0 Å². The quantitative estimate of drug-likeness (QED) is 0.751. The third kappa shape index (κ3) is 4.98. The van der Waals surface area contributed by atoms with E-state index in [1.165, 1.54) is 29.6 Å². The summed E-state index contributed by atoms with van der Waals surface area (Å²) < 4.78 is 32.6. The number of likely N-dealkylation sites (N-methyl/N-ethyl adjacent to an activating group) is 1. The number of nitrogens with zero attached hydrogens (tertiary/aromatic N) is 2. The fraction of sp³-hybridized carbons (Fsp3) is 0.556. The van der Waals surface area contributed by atoms with Crippen molar-refractivity contribution < 1.29 is 27.9 Å². The SMILES string of the molecule is CCN(CC(=O)O)C(=O)c1cc(S(=O)(=O)N2CCCCCC2)ccc1OC. The molecule has 0 radical (unpaired) electrons. The molecule has 8 nitrogen and oxygen atoms in total. The summed E-state index contributed by atoms with van der Waals surface area (Å²) in [5, 5.41) is 8.99. The minimum Gasteiger partial charge on any atom is -0.496 e. The highest BCUT2D eigenvalue weighted by molar-refractivity contribution is 7.89. The molecule has 0 unspecified atom stereocenters. The molecule has 0 spiro atoms. The number of carbonyl (C=O) groups excluding carboxylic acids is 1. The maximum Gasteiger partial charge on any atom is 0.323 e. The van der Waals surface area contributed by atoms with E-state index in [9.17, 15) is 18.0 Å². The fourth-order valence-electron chi connectivity index (χ4n) is 3.11. The van der Waals surface area contributed by atoms with Gasteiger partial charge in [0.1, 0.15) is 12.3 Å². The van der Waals surface area contributed by atoms with Crippen LogP contribution in [0.25, 0.3) is 0 Å². The van der Waals surface area contributed by atoms with Crippen LogP contribution in [0.5, 0.6) is 5.75 Å². The second kappa shape index (κ2) is 9.18. The van der Waals surface area contributed by atoms with Crippen LogP contribution in [0, 0.1) is 0 Å². The molecule has 0 saturated carbocycles. The maximum atomic E-state index is 13.0. The molecule has 1 fully saturated rings. The average Bonchev–Trinajstić information content (AvgIpc) is 2.94. The van der Waals surface area contributed by atoms with Crippen LogP contribution in [0.3, 0.4) is 0 Å². The third-order valence-corrected chi connectivity index (χ3v) is 6.49. The Kier molecular flexibility index (Phi) is 7.20. The lowest BCUT2D eigenvalue weighted by Gasteiger charge is -2.22. The molecule has 1 aromatic carbocycles. The minimum absolute atomic E-state index is 0.0138. The lowest BCUT2D eigenvalue weighted by atomic mass is 10.1. The first-order chi connectivity index (χ1) is 12.8.